The van der Waals surface area contributed by atoms with E-state index in [0.29, 0.717) is 0 Å². The molecule has 0 aliphatic heterocycles. The van der Waals surface area contributed by atoms with Crippen LogP contribution in [0.3, 0.4) is 0 Å². The first kappa shape index (κ1) is 12.8. The molecule has 0 bridgehead atoms. The Labute approximate surface area is 89.7 Å². The average molecular weight is 254 g/mol. The number of benzene rings is 1. The van der Waals surface area contributed by atoms with Crippen LogP contribution in [0.2, 0.25) is 0 Å². The Balaban J connectivity index is 2.93. The first-order chi connectivity index (χ1) is 7.24. The first-order valence-corrected chi connectivity index (χ1v) is 5.14. The van der Waals surface area contributed by atoms with E-state index in [2.05, 4.69) is 16.0 Å². The van der Waals surface area contributed by atoms with E-state index in [4.69, 9.17) is 0 Å². The fourth-order valence-electron chi connectivity index (χ4n) is 0.864. The SMILES string of the molecule is [CH]OS(=O)(=O)c1ccc(OC(F)(F)F)cc1. The van der Waals surface area contributed by atoms with Crippen LogP contribution in [0.25, 0.3) is 0 Å². The maximum Gasteiger partial charge on any atom is 0.573 e. The fourth-order valence-corrected chi connectivity index (χ4v) is 1.44. The largest absolute Gasteiger partial charge is 0.573 e. The van der Waals surface area contributed by atoms with Crippen LogP contribution in [0.5, 0.6) is 5.75 Å². The molecule has 2 radical (unpaired) electrons. The lowest BCUT2D eigenvalue weighted by atomic mass is 10.3. The predicted octanol–water partition coefficient (Wildman–Crippen LogP) is 1.96. The second-order valence-corrected chi connectivity index (χ2v) is 4.14. The van der Waals surface area contributed by atoms with Gasteiger partial charge >= 0.3 is 6.36 Å². The lowest BCUT2D eigenvalue weighted by Crippen LogP contribution is -2.17. The number of rotatable bonds is 3. The van der Waals surface area contributed by atoms with E-state index in [1.54, 1.807) is 0 Å². The second kappa shape index (κ2) is 4.30. The van der Waals surface area contributed by atoms with E-state index in [-0.39, 0.29) is 4.90 Å². The molecule has 16 heavy (non-hydrogen) atoms. The van der Waals surface area contributed by atoms with Crippen molar-refractivity contribution in [3.8, 4) is 5.75 Å². The molecule has 0 saturated carbocycles. The topological polar surface area (TPSA) is 52.6 Å². The molecule has 0 aliphatic rings. The summed E-state index contributed by atoms with van der Waals surface area (Å²) in [7, 11) is 0.361. The third kappa shape index (κ3) is 3.38. The van der Waals surface area contributed by atoms with E-state index in [1.165, 1.54) is 0 Å². The number of hydrogen-bond donors (Lipinski definition) is 0. The Morgan fingerprint density at radius 3 is 2.00 bits per heavy atom. The van der Waals surface area contributed by atoms with Crippen molar-refractivity contribution in [2.75, 3.05) is 0 Å². The minimum absolute atomic E-state index is 0.371. The van der Waals surface area contributed by atoms with Gasteiger partial charge in [0.05, 0.1) is 4.90 Å². The molecule has 0 spiro atoms. The maximum atomic E-state index is 11.8. The van der Waals surface area contributed by atoms with Crippen molar-refractivity contribution in [3.05, 3.63) is 31.4 Å². The Morgan fingerprint density at radius 1 is 1.12 bits per heavy atom. The minimum Gasteiger partial charge on any atom is -0.406 e. The van der Waals surface area contributed by atoms with E-state index in [9.17, 15) is 21.6 Å². The Bertz CT molecular complexity index is 449. The summed E-state index contributed by atoms with van der Waals surface area (Å²) in [6.07, 6.45) is -4.83. The van der Waals surface area contributed by atoms with Crippen molar-refractivity contribution in [2.45, 2.75) is 11.3 Å². The third-order valence-electron chi connectivity index (χ3n) is 1.47. The smallest absolute Gasteiger partial charge is 0.406 e. The monoisotopic (exact) mass is 254 g/mol. The van der Waals surface area contributed by atoms with E-state index >= 15 is 0 Å². The summed E-state index contributed by atoms with van der Waals surface area (Å²) in [5.41, 5.74) is 0. The van der Waals surface area contributed by atoms with Crippen LogP contribution in [-0.4, -0.2) is 14.8 Å². The number of alkyl halides is 3. The van der Waals surface area contributed by atoms with Crippen LogP contribution in [-0.2, 0) is 14.3 Å². The van der Waals surface area contributed by atoms with Crippen molar-refractivity contribution >= 4 is 10.1 Å². The van der Waals surface area contributed by atoms with Crippen molar-refractivity contribution < 1.29 is 30.5 Å². The third-order valence-corrected chi connectivity index (χ3v) is 2.58. The summed E-state index contributed by atoms with van der Waals surface area (Å²) in [5.74, 6) is -0.538. The van der Waals surface area contributed by atoms with Crippen molar-refractivity contribution in [3.63, 3.8) is 0 Å². The number of ether oxygens (including phenoxy) is 1. The maximum absolute atomic E-state index is 11.8. The number of halogens is 3. The highest BCUT2D eigenvalue weighted by atomic mass is 32.2. The Morgan fingerprint density at radius 2 is 1.62 bits per heavy atom. The van der Waals surface area contributed by atoms with Crippen LogP contribution in [0.15, 0.2) is 29.2 Å². The van der Waals surface area contributed by atoms with Crippen molar-refractivity contribution in [1.82, 2.24) is 0 Å². The highest BCUT2D eigenvalue weighted by Gasteiger charge is 2.31. The van der Waals surface area contributed by atoms with Gasteiger partial charge in [-0.15, -0.1) is 13.2 Å². The normalized spacial score (nSPS) is 12.5. The summed E-state index contributed by atoms with van der Waals surface area (Å²) in [5, 5.41) is 0. The summed E-state index contributed by atoms with van der Waals surface area (Å²) < 4.78 is 64.5. The van der Waals surface area contributed by atoms with Gasteiger partial charge in [0, 0.05) is 0 Å². The molecular weight excluding hydrogens is 249 g/mol. The van der Waals surface area contributed by atoms with Gasteiger partial charge in [-0.3, -0.25) is 4.18 Å². The van der Waals surface area contributed by atoms with Gasteiger partial charge in [-0.05, 0) is 24.3 Å². The molecule has 0 aromatic heterocycles. The summed E-state index contributed by atoms with van der Waals surface area (Å²) in [6.45, 7) is 0. The van der Waals surface area contributed by atoms with Crippen LogP contribution in [0.4, 0.5) is 13.2 Å². The molecule has 4 nitrogen and oxygen atoms in total. The summed E-state index contributed by atoms with van der Waals surface area (Å²) in [4.78, 5) is -0.371. The molecule has 0 atom stereocenters. The van der Waals surface area contributed by atoms with Gasteiger partial charge < -0.3 is 4.74 Å². The minimum atomic E-state index is -4.83. The second-order valence-electron chi connectivity index (χ2n) is 2.57. The molecule has 1 rings (SSSR count). The van der Waals surface area contributed by atoms with Crippen molar-refractivity contribution in [1.29, 1.82) is 0 Å². The molecule has 0 amide bonds. The molecule has 0 unspecified atom stereocenters. The highest BCUT2D eigenvalue weighted by Crippen LogP contribution is 2.24. The summed E-state index contributed by atoms with van der Waals surface area (Å²) in [6, 6.07) is 3.42. The van der Waals surface area contributed by atoms with Crippen LogP contribution < -0.4 is 4.74 Å². The zero-order valence-corrected chi connectivity index (χ0v) is 8.38. The van der Waals surface area contributed by atoms with E-state index in [1.807, 2.05) is 0 Å². The molecule has 1 aromatic carbocycles. The molecular formula is C8H5F3O4S. The van der Waals surface area contributed by atoms with Gasteiger partial charge in [0.1, 0.15) is 12.9 Å². The van der Waals surface area contributed by atoms with Crippen LogP contribution in [0, 0.1) is 7.11 Å². The lowest BCUT2D eigenvalue weighted by Gasteiger charge is -2.08. The molecule has 0 N–H and O–H groups in total. The molecule has 0 heterocycles. The zero-order valence-electron chi connectivity index (χ0n) is 7.56. The molecule has 8 heteroatoms. The molecule has 88 valence electrons. The first-order valence-electron chi connectivity index (χ1n) is 3.74. The predicted molar refractivity (Wildman–Crippen MR) is 45.7 cm³/mol. The van der Waals surface area contributed by atoms with Crippen LogP contribution >= 0.6 is 0 Å². The number of hydrogen-bond acceptors (Lipinski definition) is 4. The molecule has 0 fully saturated rings. The molecule has 0 saturated heterocycles. The van der Waals surface area contributed by atoms with Gasteiger partial charge in [-0.1, -0.05) is 0 Å². The lowest BCUT2D eigenvalue weighted by molar-refractivity contribution is -0.274. The fraction of sp³-hybridized carbons (Fsp3) is 0.125. The van der Waals surface area contributed by atoms with E-state index in [0.717, 1.165) is 24.3 Å². The molecule has 0 aliphatic carbocycles. The zero-order chi connectivity index (χ0) is 12.4. The Kier molecular flexibility index (Phi) is 3.44. The van der Waals surface area contributed by atoms with Gasteiger partial charge in [0.2, 0.25) is 0 Å². The van der Waals surface area contributed by atoms with Crippen molar-refractivity contribution in [2.24, 2.45) is 0 Å². The van der Waals surface area contributed by atoms with Gasteiger partial charge in [-0.25, -0.2) is 0 Å². The quantitative estimate of drug-likeness (QED) is 0.774. The van der Waals surface area contributed by atoms with E-state index < -0.39 is 22.2 Å². The highest BCUT2D eigenvalue weighted by molar-refractivity contribution is 7.86. The average Bonchev–Trinajstić information content (AvgIpc) is 2.16. The standard InChI is InChI=1S/C8H5F3O4S/c1-14-16(12,13)7-4-2-6(3-5-7)15-8(9,10)11/h1-5H. The van der Waals surface area contributed by atoms with Crippen LogP contribution in [0.1, 0.15) is 0 Å². The Hall–Kier alpha value is -1.28. The van der Waals surface area contributed by atoms with Gasteiger partial charge in [-0.2, -0.15) is 8.42 Å². The van der Waals surface area contributed by atoms with Gasteiger partial charge in [0.25, 0.3) is 10.1 Å². The van der Waals surface area contributed by atoms with Gasteiger partial charge in [0.15, 0.2) is 0 Å². The molecule has 1 aromatic rings. The summed E-state index contributed by atoms with van der Waals surface area (Å²) >= 11 is 0.